The zero-order valence-electron chi connectivity index (χ0n) is 14.8. The molecule has 1 atom stereocenters. The van der Waals surface area contributed by atoms with Crippen LogP contribution in [-0.2, 0) is 16.0 Å². The minimum atomic E-state index is -0.918. The van der Waals surface area contributed by atoms with Crippen LogP contribution < -0.4 is 5.32 Å². The van der Waals surface area contributed by atoms with Crippen molar-refractivity contribution in [2.75, 3.05) is 6.54 Å². The molecule has 0 saturated heterocycles. The van der Waals surface area contributed by atoms with Crippen molar-refractivity contribution in [2.24, 2.45) is 0 Å². The summed E-state index contributed by atoms with van der Waals surface area (Å²) in [4.78, 5) is 28.9. The van der Waals surface area contributed by atoms with E-state index < -0.39 is 12.1 Å². The highest BCUT2D eigenvalue weighted by Gasteiger charge is 2.20. The standard InChI is InChI=1S/C21H19ClN2O3/c1-14(20(25)23-12-11-15-7-3-2-4-8-15)27-21(26)17-13-19(22)24-18-10-6-5-9-16(17)18/h2-10,13-14H,11-12H2,1H3,(H,23,25)/t14-/m1/s1. The van der Waals surface area contributed by atoms with Crippen molar-refractivity contribution in [2.45, 2.75) is 19.4 Å². The first-order chi connectivity index (χ1) is 13.0. The molecule has 0 radical (unpaired) electrons. The van der Waals surface area contributed by atoms with E-state index in [1.54, 1.807) is 25.1 Å². The molecule has 1 N–H and O–H groups in total. The lowest BCUT2D eigenvalue weighted by Gasteiger charge is -2.14. The number of hydrogen-bond donors (Lipinski definition) is 1. The summed E-state index contributed by atoms with van der Waals surface area (Å²) >= 11 is 6.00. The Morgan fingerprint density at radius 1 is 1.11 bits per heavy atom. The van der Waals surface area contributed by atoms with Crippen molar-refractivity contribution in [1.82, 2.24) is 10.3 Å². The van der Waals surface area contributed by atoms with Gasteiger partial charge in [-0.3, -0.25) is 4.79 Å². The van der Waals surface area contributed by atoms with Gasteiger partial charge in [-0.05, 0) is 31.0 Å². The van der Waals surface area contributed by atoms with Crippen LogP contribution in [0, 0.1) is 0 Å². The van der Waals surface area contributed by atoms with Crippen LogP contribution in [-0.4, -0.2) is 29.5 Å². The number of fused-ring (bicyclic) bond motifs is 1. The first-order valence-corrected chi connectivity index (χ1v) is 9.00. The molecule has 138 valence electrons. The molecular weight excluding hydrogens is 364 g/mol. The summed E-state index contributed by atoms with van der Waals surface area (Å²) in [6, 6.07) is 18.4. The molecule has 1 amide bonds. The van der Waals surface area contributed by atoms with E-state index in [0.29, 0.717) is 23.9 Å². The number of esters is 1. The number of benzene rings is 2. The summed E-state index contributed by atoms with van der Waals surface area (Å²) in [5.74, 6) is -0.954. The third kappa shape index (κ3) is 4.83. The quantitative estimate of drug-likeness (QED) is 0.520. The number of halogens is 1. The lowest BCUT2D eigenvalue weighted by molar-refractivity contribution is -0.129. The Morgan fingerprint density at radius 3 is 2.59 bits per heavy atom. The van der Waals surface area contributed by atoms with E-state index in [2.05, 4.69) is 10.3 Å². The minimum absolute atomic E-state index is 0.195. The van der Waals surface area contributed by atoms with Gasteiger partial charge in [0.1, 0.15) is 5.15 Å². The van der Waals surface area contributed by atoms with E-state index in [-0.39, 0.29) is 16.6 Å². The molecule has 1 heterocycles. The van der Waals surface area contributed by atoms with Gasteiger partial charge in [-0.1, -0.05) is 60.1 Å². The molecular formula is C21H19ClN2O3. The summed E-state index contributed by atoms with van der Waals surface area (Å²) in [6.45, 7) is 2.01. The van der Waals surface area contributed by atoms with Crippen LogP contribution in [0.1, 0.15) is 22.8 Å². The van der Waals surface area contributed by atoms with Gasteiger partial charge in [0.2, 0.25) is 0 Å². The average Bonchev–Trinajstić information content (AvgIpc) is 2.67. The number of carbonyl (C=O) groups is 2. The van der Waals surface area contributed by atoms with E-state index in [4.69, 9.17) is 16.3 Å². The van der Waals surface area contributed by atoms with E-state index in [1.807, 2.05) is 36.4 Å². The van der Waals surface area contributed by atoms with Crippen LogP contribution in [0.25, 0.3) is 10.9 Å². The Labute approximate surface area is 162 Å². The van der Waals surface area contributed by atoms with Gasteiger partial charge in [-0.25, -0.2) is 9.78 Å². The molecule has 1 aromatic heterocycles. The number of ether oxygens (including phenoxy) is 1. The molecule has 3 aromatic rings. The summed E-state index contributed by atoms with van der Waals surface area (Å²) in [5, 5.41) is 3.61. The first-order valence-electron chi connectivity index (χ1n) is 8.62. The third-order valence-corrected chi connectivity index (χ3v) is 4.31. The fourth-order valence-corrected chi connectivity index (χ4v) is 2.91. The number of nitrogens with zero attached hydrogens (tertiary/aromatic N) is 1. The average molecular weight is 383 g/mol. The molecule has 0 spiro atoms. The van der Waals surface area contributed by atoms with E-state index >= 15 is 0 Å². The highest BCUT2D eigenvalue weighted by molar-refractivity contribution is 6.30. The number of pyridine rings is 1. The van der Waals surface area contributed by atoms with Crippen LogP contribution in [0.15, 0.2) is 60.7 Å². The summed E-state index contributed by atoms with van der Waals surface area (Å²) in [6.07, 6.45) is -0.211. The fourth-order valence-electron chi connectivity index (χ4n) is 2.71. The molecule has 5 nitrogen and oxygen atoms in total. The van der Waals surface area contributed by atoms with Gasteiger partial charge in [0, 0.05) is 11.9 Å². The maximum absolute atomic E-state index is 12.5. The van der Waals surface area contributed by atoms with E-state index in [0.717, 1.165) is 5.56 Å². The SMILES string of the molecule is C[C@@H](OC(=O)c1cc(Cl)nc2ccccc12)C(=O)NCCc1ccccc1. The fraction of sp³-hybridized carbons (Fsp3) is 0.190. The number of aromatic nitrogens is 1. The molecule has 0 fully saturated rings. The Hall–Kier alpha value is -2.92. The summed E-state index contributed by atoms with van der Waals surface area (Å²) < 4.78 is 5.33. The second-order valence-corrected chi connectivity index (χ2v) is 6.47. The third-order valence-electron chi connectivity index (χ3n) is 4.11. The summed E-state index contributed by atoms with van der Waals surface area (Å²) in [7, 11) is 0. The highest BCUT2D eigenvalue weighted by atomic mass is 35.5. The number of carbonyl (C=O) groups excluding carboxylic acids is 2. The van der Waals surface area contributed by atoms with Gasteiger partial charge < -0.3 is 10.1 Å². The summed E-state index contributed by atoms with van der Waals surface area (Å²) in [5.41, 5.74) is 2.01. The monoisotopic (exact) mass is 382 g/mol. The normalized spacial score (nSPS) is 11.8. The molecule has 0 unspecified atom stereocenters. The van der Waals surface area contributed by atoms with Crippen LogP contribution in [0.5, 0.6) is 0 Å². The second-order valence-electron chi connectivity index (χ2n) is 6.08. The largest absolute Gasteiger partial charge is 0.449 e. The van der Waals surface area contributed by atoms with Gasteiger partial charge in [-0.15, -0.1) is 0 Å². The van der Waals surface area contributed by atoms with Gasteiger partial charge in [0.25, 0.3) is 5.91 Å². The lowest BCUT2D eigenvalue weighted by Crippen LogP contribution is -2.36. The predicted octanol–water partition coefficient (Wildman–Crippen LogP) is 3.79. The Morgan fingerprint density at radius 2 is 1.81 bits per heavy atom. The Kier molecular flexibility index (Phi) is 6.04. The molecule has 6 heteroatoms. The molecule has 27 heavy (non-hydrogen) atoms. The van der Waals surface area contributed by atoms with Gasteiger partial charge in [0.15, 0.2) is 6.10 Å². The van der Waals surface area contributed by atoms with Crippen molar-refractivity contribution in [3.05, 3.63) is 76.9 Å². The smallest absolute Gasteiger partial charge is 0.339 e. The maximum Gasteiger partial charge on any atom is 0.339 e. The zero-order valence-corrected chi connectivity index (χ0v) is 15.6. The molecule has 0 saturated carbocycles. The molecule has 2 aromatic carbocycles. The van der Waals surface area contributed by atoms with Crippen molar-refractivity contribution in [1.29, 1.82) is 0 Å². The van der Waals surface area contributed by atoms with Crippen molar-refractivity contribution < 1.29 is 14.3 Å². The van der Waals surface area contributed by atoms with Crippen LogP contribution in [0.2, 0.25) is 5.15 Å². The Bertz CT molecular complexity index is 960. The molecule has 0 bridgehead atoms. The topological polar surface area (TPSA) is 68.3 Å². The van der Waals surface area contributed by atoms with Crippen LogP contribution in [0.3, 0.4) is 0 Å². The number of rotatable bonds is 6. The molecule has 3 rings (SSSR count). The Balaban J connectivity index is 1.61. The van der Waals surface area contributed by atoms with E-state index in [1.165, 1.54) is 6.07 Å². The molecule has 0 aliphatic carbocycles. The predicted molar refractivity (Wildman–Crippen MR) is 105 cm³/mol. The van der Waals surface area contributed by atoms with Gasteiger partial charge >= 0.3 is 5.97 Å². The van der Waals surface area contributed by atoms with Crippen LogP contribution >= 0.6 is 11.6 Å². The van der Waals surface area contributed by atoms with Gasteiger partial charge in [-0.2, -0.15) is 0 Å². The first kappa shape index (κ1) is 18.9. The van der Waals surface area contributed by atoms with Crippen molar-refractivity contribution >= 4 is 34.4 Å². The zero-order chi connectivity index (χ0) is 19.2. The lowest BCUT2D eigenvalue weighted by atomic mass is 10.1. The number of hydrogen-bond acceptors (Lipinski definition) is 4. The number of para-hydroxylation sites is 1. The van der Waals surface area contributed by atoms with Crippen molar-refractivity contribution in [3.8, 4) is 0 Å². The van der Waals surface area contributed by atoms with E-state index in [9.17, 15) is 9.59 Å². The minimum Gasteiger partial charge on any atom is -0.449 e. The molecule has 0 aliphatic rings. The molecule has 0 aliphatic heterocycles. The maximum atomic E-state index is 12.5. The van der Waals surface area contributed by atoms with Gasteiger partial charge in [0.05, 0.1) is 11.1 Å². The number of amides is 1. The van der Waals surface area contributed by atoms with Crippen LogP contribution in [0.4, 0.5) is 0 Å². The second kappa shape index (κ2) is 8.64. The number of nitrogens with one attached hydrogen (secondary N) is 1. The highest BCUT2D eigenvalue weighted by Crippen LogP contribution is 2.22. The van der Waals surface area contributed by atoms with Crippen molar-refractivity contribution in [3.63, 3.8) is 0 Å².